The van der Waals surface area contributed by atoms with Gasteiger partial charge in [-0.05, 0) is 48.6 Å². The minimum absolute atomic E-state index is 0.0662. The van der Waals surface area contributed by atoms with Crippen molar-refractivity contribution in [2.45, 2.75) is 38.9 Å². The van der Waals surface area contributed by atoms with Gasteiger partial charge in [-0.25, -0.2) is 4.79 Å². The number of phenolic OH excluding ortho intramolecular Hbond substituents is 1. The van der Waals surface area contributed by atoms with Gasteiger partial charge in [0, 0.05) is 32.2 Å². The first-order chi connectivity index (χ1) is 14.1. The van der Waals surface area contributed by atoms with Crippen LogP contribution in [0.2, 0.25) is 0 Å². The normalized spacial score (nSPS) is 15.6. The van der Waals surface area contributed by atoms with E-state index in [0.717, 1.165) is 56.8 Å². The summed E-state index contributed by atoms with van der Waals surface area (Å²) in [5, 5.41) is 15.3. The number of phenols is 1. The van der Waals surface area contributed by atoms with Crippen LogP contribution < -0.4 is 10.6 Å². The first-order valence-electron chi connectivity index (χ1n) is 10.3. The first kappa shape index (κ1) is 21.1. The third-order valence-corrected chi connectivity index (χ3v) is 5.13. The summed E-state index contributed by atoms with van der Waals surface area (Å²) in [6.07, 6.45) is 1.69. The molecule has 0 aromatic heterocycles. The van der Waals surface area contributed by atoms with Crippen molar-refractivity contribution in [1.29, 1.82) is 0 Å². The van der Waals surface area contributed by atoms with Gasteiger partial charge in [-0.1, -0.05) is 36.4 Å². The maximum Gasteiger partial charge on any atom is 0.315 e. The Morgan fingerprint density at radius 2 is 1.83 bits per heavy atom. The number of hydrogen-bond donors (Lipinski definition) is 3. The van der Waals surface area contributed by atoms with Gasteiger partial charge in [0.2, 0.25) is 0 Å². The molecule has 1 aliphatic heterocycles. The number of carbonyl (C=O) groups is 1. The maximum atomic E-state index is 12.2. The average Bonchev–Trinajstić information content (AvgIpc) is 2.73. The zero-order chi connectivity index (χ0) is 20.5. The molecular formula is C23H31N3O3. The largest absolute Gasteiger partial charge is 0.508 e. The van der Waals surface area contributed by atoms with Crippen molar-refractivity contribution >= 4 is 6.03 Å². The van der Waals surface area contributed by atoms with Crippen molar-refractivity contribution in [2.24, 2.45) is 0 Å². The van der Waals surface area contributed by atoms with Gasteiger partial charge in [-0.3, -0.25) is 4.90 Å². The van der Waals surface area contributed by atoms with Crippen LogP contribution in [0.25, 0.3) is 0 Å². The summed E-state index contributed by atoms with van der Waals surface area (Å²) in [6, 6.07) is 15.5. The van der Waals surface area contributed by atoms with E-state index in [4.69, 9.17) is 4.74 Å². The van der Waals surface area contributed by atoms with Crippen LogP contribution in [0.3, 0.4) is 0 Å². The third-order valence-electron chi connectivity index (χ3n) is 5.13. The highest BCUT2D eigenvalue weighted by Gasteiger charge is 2.11. The Hall–Kier alpha value is -2.57. The fourth-order valence-electron chi connectivity index (χ4n) is 3.43. The highest BCUT2D eigenvalue weighted by Crippen LogP contribution is 2.12. The van der Waals surface area contributed by atoms with Gasteiger partial charge in [0.25, 0.3) is 0 Å². The molecule has 6 heteroatoms. The zero-order valence-corrected chi connectivity index (χ0v) is 17.1. The summed E-state index contributed by atoms with van der Waals surface area (Å²) >= 11 is 0. The molecule has 1 heterocycles. The van der Waals surface area contributed by atoms with Gasteiger partial charge in [0.05, 0.1) is 13.2 Å². The van der Waals surface area contributed by atoms with E-state index in [1.165, 1.54) is 5.56 Å². The molecule has 1 fully saturated rings. The van der Waals surface area contributed by atoms with E-state index in [0.29, 0.717) is 6.54 Å². The Labute approximate surface area is 172 Å². The van der Waals surface area contributed by atoms with Crippen LogP contribution in [0.1, 0.15) is 30.0 Å². The monoisotopic (exact) mass is 397 g/mol. The Balaban J connectivity index is 1.39. The molecule has 1 saturated heterocycles. The highest BCUT2D eigenvalue weighted by molar-refractivity contribution is 5.74. The molecular weight excluding hydrogens is 366 g/mol. The third kappa shape index (κ3) is 7.40. The van der Waals surface area contributed by atoms with Crippen molar-refractivity contribution < 1.29 is 14.6 Å². The predicted molar refractivity (Wildman–Crippen MR) is 114 cm³/mol. The van der Waals surface area contributed by atoms with E-state index in [1.54, 1.807) is 12.1 Å². The lowest BCUT2D eigenvalue weighted by molar-refractivity contribution is 0.0342. The fraction of sp³-hybridized carbons (Fsp3) is 0.435. The second-order valence-corrected chi connectivity index (χ2v) is 7.64. The molecule has 3 N–H and O–H groups in total. The van der Waals surface area contributed by atoms with Crippen LogP contribution in [-0.4, -0.2) is 48.4 Å². The Kier molecular flexibility index (Phi) is 7.90. The van der Waals surface area contributed by atoms with Crippen molar-refractivity contribution in [1.82, 2.24) is 15.5 Å². The number of ether oxygens (including phenoxy) is 1. The Morgan fingerprint density at radius 3 is 2.59 bits per heavy atom. The molecule has 2 aromatic rings. The number of benzene rings is 2. The number of hydrogen-bond acceptors (Lipinski definition) is 4. The average molecular weight is 398 g/mol. The van der Waals surface area contributed by atoms with E-state index in [2.05, 4.69) is 27.7 Å². The van der Waals surface area contributed by atoms with Gasteiger partial charge in [-0.15, -0.1) is 0 Å². The topological polar surface area (TPSA) is 73.8 Å². The number of aryl methyl sites for hydroxylation is 1. The minimum Gasteiger partial charge on any atom is -0.508 e. The number of aromatic hydroxyl groups is 1. The molecule has 1 unspecified atom stereocenters. The van der Waals surface area contributed by atoms with Crippen molar-refractivity contribution in [3.05, 3.63) is 65.2 Å². The van der Waals surface area contributed by atoms with E-state index in [9.17, 15) is 9.90 Å². The quantitative estimate of drug-likeness (QED) is 0.640. The molecule has 1 atom stereocenters. The van der Waals surface area contributed by atoms with Gasteiger partial charge < -0.3 is 20.5 Å². The van der Waals surface area contributed by atoms with Crippen LogP contribution >= 0.6 is 0 Å². The summed E-state index contributed by atoms with van der Waals surface area (Å²) in [4.78, 5) is 14.6. The fourth-order valence-corrected chi connectivity index (χ4v) is 3.43. The van der Waals surface area contributed by atoms with Crippen LogP contribution in [0, 0.1) is 0 Å². The number of nitrogens with one attached hydrogen (secondary N) is 2. The number of nitrogens with zero attached hydrogens (tertiary/aromatic N) is 1. The van der Waals surface area contributed by atoms with Crippen molar-refractivity contribution in [3.63, 3.8) is 0 Å². The molecule has 3 rings (SSSR count). The number of amides is 2. The Morgan fingerprint density at radius 1 is 1.10 bits per heavy atom. The maximum absolute atomic E-state index is 12.2. The molecule has 0 aliphatic carbocycles. The lowest BCUT2D eigenvalue weighted by Crippen LogP contribution is -2.40. The molecule has 0 bridgehead atoms. The van der Waals surface area contributed by atoms with E-state index in [-0.39, 0.29) is 17.8 Å². The molecule has 29 heavy (non-hydrogen) atoms. The van der Waals surface area contributed by atoms with Gasteiger partial charge in [0.1, 0.15) is 5.75 Å². The molecule has 2 aromatic carbocycles. The van der Waals surface area contributed by atoms with E-state index in [1.807, 2.05) is 31.2 Å². The van der Waals surface area contributed by atoms with Crippen molar-refractivity contribution in [2.75, 3.05) is 26.3 Å². The number of morpholine rings is 1. The summed E-state index contributed by atoms with van der Waals surface area (Å²) in [7, 11) is 0. The smallest absolute Gasteiger partial charge is 0.315 e. The van der Waals surface area contributed by atoms with Gasteiger partial charge >= 0.3 is 6.03 Å². The first-order valence-corrected chi connectivity index (χ1v) is 10.3. The summed E-state index contributed by atoms with van der Waals surface area (Å²) in [5.41, 5.74) is 3.51. The number of urea groups is 1. The highest BCUT2D eigenvalue weighted by atomic mass is 16.5. The summed E-state index contributed by atoms with van der Waals surface area (Å²) < 4.78 is 5.40. The lowest BCUT2D eigenvalue weighted by atomic mass is 10.1. The van der Waals surface area contributed by atoms with Crippen molar-refractivity contribution in [3.8, 4) is 5.75 Å². The minimum atomic E-state index is -0.151. The molecule has 0 radical (unpaired) electrons. The number of carbonyl (C=O) groups excluding carboxylic acids is 1. The summed E-state index contributed by atoms with van der Waals surface area (Å²) in [5.74, 6) is 0.272. The SMILES string of the molecule is CC(CCc1ccc(O)cc1)NC(=O)NCc1cccc(CN2CCOCC2)c1. The Bertz CT molecular complexity index is 773. The van der Waals surface area contributed by atoms with Crippen LogP contribution in [0.5, 0.6) is 5.75 Å². The zero-order valence-electron chi connectivity index (χ0n) is 17.1. The molecule has 1 aliphatic rings. The molecule has 2 amide bonds. The van der Waals surface area contributed by atoms with Gasteiger partial charge in [0.15, 0.2) is 0 Å². The molecule has 6 nitrogen and oxygen atoms in total. The molecule has 0 spiro atoms. The van der Waals surface area contributed by atoms with Crippen LogP contribution in [-0.2, 0) is 24.2 Å². The second kappa shape index (κ2) is 10.8. The molecule has 156 valence electrons. The predicted octanol–water partition coefficient (Wildman–Crippen LogP) is 3.04. The van der Waals surface area contributed by atoms with E-state index < -0.39 is 0 Å². The van der Waals surface area contributed by atoms with E-state index >= 15 is 0 Å². The number of rotatable bonds is 8. The lowest BCUT2D eigenvalue weighted by Gasteiger charge is -2.26. The van der Waals surface area contributed by atoms with Crippen LogP contribution in [0.15, 0.2) is 48.5 Å². The van der Waals surface area contributed by atoms with Crippen LogP contribution in [0.4, 0.5) is 4.79 Å². The van der Waals surface area contributed by atoms with Gasteiger partial charge in [-0.2, -0.15) is 0 Å². The summed E-state index contributed by atoms with van der Waals surface area (Å²) in [6.45, 7) is 6.95. The standard InChI is InChI=1S/C23H31N3O3/c1-18(5-6-19-7-9-22(27)10-8-19)25-23(28)24-16-20-3-2-4-21(15-20)17-26-11-13-29-14-12-26/h2-4,7-10,15,18,27H,5-6,11-14,16-17H2,1H3,(H2,24,25,28). The second-order valence-electron chi connectivity index (χ2n) is 7.64. The molecule has 0 saturated carbocycles.